The van der Waals surface area contributed by atoms with E-state index in [0.717, 1.165) is 10.8 Å². The number of anilines is 2. The van der Waals surface area contributed by atoms with Crippen LogP contribution in [0.1, 0.15) is 0 Å². The molecule has 0 aromatic heterocycles. The zero-order valence-corrected chi connectivity index (χ0v) is 6.65. The summed E-state index contributed by atoms with van der Waals surface area (Å²) in [6, 6.07) is 6.63. The number of amides is 2. The van der Waals surface area contributed by atoms with Crippen molar-refractivity contribution in [3.63, 3.8) is 0 Å². The lowest BCUT2D eigenvalue weighted by Crippen LogP contribution is -2.42. The van der Waals surface area contributed by atoms with Gasteiger partial charge in [0.1, 0.15) is 5.69 Å². The van der Waals surface area contributed by atoms with Crippen LogP contribution in [0.25, 0.3) is 0 Å². The predicted molar refractivity (Wildman–Crippen MR) is 46.3 cm³/mol. The fourth-order valence-electron chi connectivity index (χ4n) is 1.09. The summed E-state index contributed by atoms with van der Waals surface area (Å²) in [5.41, 5.74) is 5.90. The van der Waals surface area contributed by atoms with Crippen LogP contribution in [0, 0.1) is 0 Å². The van der Waals surface area contributed by atoms with Gasteiger partial charge in [-0.1, -0.05) is 12.1 Å². The van der Waals surface area contributed by atoms with E-state index in [1.807, 2.05) is 11.5 Å². The van der Waals surface area contributed by atoms with Crippen molar-refractivity contribution in [3.8, 4) is 0 Å². The molecular formula is C7H8N4O2. The lowest BCUT2D eigenvalue weighted by atomic mass is 10.3. The zero-order valence-electron chi connectivity index (χ0n) is 6.65. The smallest absolute Gasteiger partial charge is 0.274 e. The topological polar surface area (TPSA) is 79.6 Å². The molecule has 0 saturated heterocycles. The van der Waals surface area contributed by atoms with Crippen molar-refractivity contribution in [2.75, 3.05) is 10.5 Å². The van der Waals surface area contributed by atoms with E-state index in [4.69, 9.17) is 10.8 Å². The zero-order chi connectivity index (χ0) is 9.26. The molecule has 0 saturated carbocycles. The van der Waals surface area contributed by atoms with Gasteiger partial charge in [0.15, 0.2) is 0 Å². The third kappa shape index (κ3) is 1.17. The van der Waals surface area contributed by atoms with Crippen molar-refractivity contribution < 1.29 is 9.73 Å². The highest BCUT2D eigenvalue weighted by atomic mass is 16.8. The van der Waals surface area contributed by atoms with Crippen LogP contribution in [0.15, 0.2) is 24.3 Å². The van der Waals surface area contributed by atoms with Crippen LogP contribution in [-0.4, -0.2) is 6.03 Å². The van der Waals surface area contributed by atoms with Gasteiger partial charge in [-0.3, -0.25) is 5.43 Å². The van der Waals surface area contributed by atoms with E-state index in [2.05, 4.69) is 5.48 Å². The summed E-state index contributed by atoms with van der Waals surface area (Å²) in [5.74, 6) is 4.96. The molecule has 6 nitrogen and oxygen atoms in total. The Morgan fingerprint density at radius 2 is 2.31 bits per heavy atom. The predicted octanol–water partition coefficient (Wildman–Crippen LogP) is 0.348. The molecular weight excluding hydrogens is 172 g/mol. The number of hydrazine groups is 1. The number of carbonyl (C=O) groups is 1. The van der Waals surface area contributed by atoms with Crippen molar-refractivity contribution in [2.24, 2.45) is 5.84 Å². The molecule has 2 amide bonds. The minimum Gasteiger partial charge on any atom is -0.274 e. The number of urea groups is 1. The molecule has 0 fully saturated rings. The number of nitrogens with two attached hydrogens (primary N) is 1. The molecule has 0 bridgehead atoms. The summed E-state index contributed by atoms with van der Waals surface area (Å²) in [7, 11) is 0. The first-order valence-corrected chi connectivity index (χ1v) is 3.65. The Labute approximate surface area is 74.1 Å². The van der Waals surface area contributed by atoms with Crippen molar-refractivity contribution in [2.45, 2.75) is 0 Å². The highest BCUT2D eigenvalue weighted by Gasteiger charge is 2.25. The molecule has 0 spiro atoms. The first-order valence-electron chi connectivity index (χ1n) is 3.65. The quantitative estimate of drug-likeness (QED) is 0.306. The normalized spacial score (nSPS) is 13.5. The van der Waals surface area contributed by atoms with Gasteiger partial charge >= 0.3 is 6.03 Å². The fourth-order valence-corrected chi connectivity index (χ4v) is 1.09. The van der Waals surface area contributed by atoms with Crippen LogP contribution >= 0.6 is 0 Å². The van der Waals surface area contributed by atoms with Gasteiger partial charge in [0, 0.05) is 0 Å². The molecule has 0 aliphatic carbocycles. The Bertz CT molecular complexity index is 341. The maximum atomic E-state index is 11.1. The Hall–Kier alpha value is -1.79. The number of fused-ring (bicyclic) bond motifs is 1. The monoisotopic (exact) mass is 180 g/mol. The Morgan fingerprint density at radius 3 is 3.08 bits per heavy atom. The van der Waals surface area contributed by atoms with Gasteiger partial charge in [-0.25, -0.2) is 16.1 Å². The maximum Gasteiger partial charge on any atom is 0.362 e. The largest absolute Gasteiger partial charge is 0.362 e. The van der Waals surface area contributed by atoms with E-state index in [0.29, 0.717) is 5.69 Å². The van der Waals surface area contributed by atoms with Crippen LogP contribution in [0.5, 0.6) is 0 Å². The summed E-state index contributed by atoms with van der Waals surface area (Å²) < 4.78 is 0. The third-order valence-electron chi connectivity index (χ3n) is 1.68. The van der Waals surface area contributed by atoms with Crippen molar-refractivity contribution in [1.82, 2.24) is 5.43 Å². The second-order valence-corrected chi connectivity index (χ2v) is 2.45. The summed E-state index contributed by atoms with van der Waals surface area (Å²) in [5, 5.41) is 1.04. The van der Waals surface area contributed by atoms with Crippen LogP contribution in [0.2, 0.25) is 0 Å². The van der Waals surface area contributed by atoms with Crippen molar-refractivity contribution in [3.05, 3.63) is 24.3 Å². The first-order chi connectivity index (χ1) is 6.33. The lowest BCUT2D eigenvalue weighted by Gasteiger charge is -2.11. The number of rotatable bonds is 0. The molecule has 1 aromatic rings. The van der Waals surface area contributed by atoms with Gasteiger partial charge in [0.05, 0.1) is 5.69 Å². The molecule has 0 radical (unpaired) electrons. The second kappa shape index (κ2) is 2.92. The standard InChI is InChI=1S/C7H8N4O2/c8-9-7(12)11-6-4-2-1-3-5(6)10-13-11/h1-4,10H,8H2,(H,9,12). The van der Waals surface area contributed by atoms with E-state index < -0.39 is 6.03 Å². The van der Waals surface area contributed by atoms with E-state index in [1.54, 1.807) is 18.2 Å². The SMILES string of the molecule is NNC(=O)N1ONc2ccccc21. The van der Waals surface area contributed by atoms with E-state index in [1.165, 1.54) is 0 Å². The van der Waals surface area contributed by atoms with E-state index in [-0.39, 0.29) is 0 Å². The fraction of sp³-hybridized carbons (Fsp3) is 0. The van der Waals surface area contributed by atoms with Gasteiger partial charge < -0.3 is 0 Å². The Morgan fingerprint density at radius 1 is 1.54 bits per heavy atom. The van der Waals surface area contributed by atoms with Gasteiger partial charge in [-0.15, -0.1) is 10.0 Å². The molecule has 0 atom stereocenters. The first kappa shape index (κ1) is 7.84. The summed E-state index contributed by atoms with van der Waals surface area (Å²) in [4.78, 5) is 16.0. The average molecular weight is 180 g/mol. The second-order valence-electron chi connectivity index (χ2n) is 2.45. The number of nitrogens with one attached hydrogen (secondary N) is 2. The molecule has 1 aromatic carbocycles. The summed E-state index contributed by atoms with van der Waals surface area (Å²) in [6.07, 6.45) is 0. The van der Waals surface area contributed by atoms with Crippen molar-refractivity contribution >= 4 is 17.4 Å². The number of carbonyl (C=O) groups excluding carboxylic acids is 1. The maximum absolute atomic E-state index is 11.1. The molecule has 1 aliphatic rings. The van der Waals surface area contributed by atoms with Crippen LogP contribution < -0.4 is 21.8 Å². The molecule has 6 heteroatoms. The molecule has 1 aliphatic heterocycles. The molecule has 4 N–H and O–H groups in total. The molecule has 2 rings (SSSR count). The number of hydrogen-bond acceptors (Lipinski definition) is 4. The third-order valence-corrected chi connectivity index (χ3v) is 1.68. The van der Waals surface area contributed by atoms with Crippen molar-refractivity contribution in [1.29, 1.82) is 0 Å². The minimum atomic E-state index is -0.530. The number of para-hydroxylation sites is 2. The molecule has 1 heterocycles. The van der Waals surface area contributed by atoms with Gasteiger partial charge in [-0.2, -0.15) is 0 Å². The Balaban J connectivity index is 2.33. The van der Waals surface area contributed by atoms with E-state index in [9.17, 15) is 4.79 Å². The molecule has 0 unspecified atom stereocenters. The summed E-state index contributed by atoms with van der Waals surface area (Å²) in [6.45, 7) is 0. The molecule has 68 valence electrons. The Kier molecular flexibility index (Phi) is 1.76. The average Bonchev–Trinajstić information content (AvgIpc) is 2.60. The summed E-state index contributed by atoms with van der Waals surface area (Å²) >= 11 is 0. The van der Waals surface area contributed by atoms with Gasteiger partial charge in [0.25, 0.3) is 0 Å². The van der Waals surface area contributed by atoms with Crippen LogP contribution in [0.3, 0.4) is 0 Å². The van der Waals surface area contributed by atoms with Crippen LogP contribution in [-0.2, 0) is 4.94 Å². The number of hydrogen-bond donors (Lipinski definition) is 3. The van der Waals surface area contributed by atoms with Gasteiger partial charge in [0.2, 0.25) is 0 Å². The van der Waals surface area contributed by atoms with Gasteiger partial charge in [-0.05, 0) is 12.1 Å². The van der Waals surface area contributed by atoms with Crippen LogP contribution in [0.4, 0.5) is 16.2 Å². The molecule has 13 heavy (non-hydrogen) atoms. The highest BCUT2D eigenvalue weighted by molar-refractivity contribution is 5.94. The number of hydroxylamine groups is 1. The number of nitrogens with zero attached hydrogens (tertiary/aromatic N) is 1. The van der Waals surface area contributed by atoms with E-state index >= 15 is 0 Å². The lowest BCUT2D eigenvalue weighted by molar-refractivity contribution is 0.172. The highest BCUT2D eigenvalue weighted by Crippen LogP contribution is 2.30. The minimum absolute atomic E-state index is 0.530. The number of benzene rings is 1.